The van der Waals surface area contributed by atoms with Gasteiger partial charge in [0.2, 0.25) is 0 Å². The summed E-state index contributed by atoms with van der Waals surface area (Å²) in [7, 11) is 3.45. The summed E-state index contributed by atoms with van der Waals surface area (Å²) in [6.07, 6.45) is 11.2. The summed E-state index contributed by atoms with van der Waals surface area (Å²) in [5, 5.41) is 0. The summed E-state index contributed by atoms with van der Waals surface area (Å²) in [6.45, 7) is 7.45. The summed E-state index contributed by atoms with van der Waals surface area (Å²) in [4.78, 5) is 0. The number of allylic oxidation sites excluding steroid dienone is 2. The lowest BCUT2D eigenvalue weighted by molar-refractivity contribution is -0.216. The minimum Gasteiger partial charge on any atom is -0.353 e. The van der Waals surface area contributed by atoms with Crippen molar-refractivity contribution in [2.24, 2.45) is 0 Å². The van der Waals surface area contributed by atoms with Crippen LogP contribution in [-0.2, 0) is 9.47 Å². The molecular formula is C14H26O2. The lowest BCUT2D eigenvalue weighted by atomic mass is 10.0. The van der Waals surface area contributed by atoms with Crippen LogP contribution in [0.5, 0.6) is 0 Å². The third kappa shape index (κ3) is 6.09. The standard InChI is InChI=1S/C14H26O2/c1-5-7-9-11-13-14(15-3,16-4)12-10-8-6-2/h5-6H,1-2,7-13H2,3-4H3. The first-order valence-corrected chi connectivity index (χ1v) is 6.06. The normalized spacial score (nSPS) is 11.4. The van der Waals surface area contributed by atoms with E-state index in [9.17, 15) is 0 Å². The van der Waals surface area contributed by atoms with Gasteiger partial charge in [-0.15, -0.1) is 13.2 Å². The van der Waals surface area contributed by atoms with E-state index in [2.05, 4.69) is 13.2 Å². The van der Waals surface area contributed by atoms with Crippen LogP contribution < -0.4 is 0 Å². The second-order valence-corrected chi connectivity index (χ2v) is 4.03. The van der Waals surface area contributed by atoms with Crippen LogP contribution in [0.15, 0.2) is 25.3 Å². The highest BCUT2D eigenvalue weighted by molar-refractivity contribution is 4.74. The molecule has 0 aliphatic heterocycles. The maximum absolute atomic E-state index is 5.53. The second-order valence-electron chi connectivity index (χ2n) is 4.03. The number of hydrogen-bond donors (Lipinski definition) is 0. The molecule has 16 heavy (non-hydrogen) atoms. The molecule has 0 aromatic rings. The molecule has 0 aliphatic rings. The summed E-state index contributed by atoms with van der Waals surface area (Å²) >= 11 is 0. The van der Waals surface area contributed by atoms with E-state index < -0.39 is 5.79 Å². The van der Waals surface area contributed by atoms with E-state index >= 15 is 0 Å². The highest BCUT2D eigenvalue weighted by atomic mass is 16.7. The van der Waals surface area contributed by atoms with Crippen LogP contribution in [0.3, 0.4) is 0 Å². The van der Waals surface area contributed by atoms with E-state index in [1.165, 1.54) is 0 Å². The molecule has 0 unspecified atom stereocenters. The monoisotopic (exact) mass is 226 g/mol. The average molecular weight is 226 g/mol. The van der Waals surface area contributed by atoms with Gasteiger partial charge in [0.05, 0.1) is 0 Å². The van der Waals surface area contributed by atoms with Crippen molar-refractivity contribution in [3.63, 3.8) is 0 Å². The molecule has 2 heteroatoms. The van der Waals surface area contributed by atoms with Crippen LogP contribution >= 0.6 is 0 Å². The van der Waals surface area contributed by atoms with E-state index in [0.29, 0.717) is 0 Å². The van der Waals surface area contributed by atoms with Gasteiger partial charge in [0.1, 0.15) is 0 Å². The van der Waals surface area contributed by atoms with Crippen LogP contribution in [0.2, 0.25) is 0 Å². The lowest BCUT2D eigenvalue weighted by Crippen LogP contribution is -2.33. The zero-order valence-corrected chi connectivity index (χ0v) is 10.8. The van der Waals surface area contributed by atoms with Gasteiger partial charge in [-0.1, -0.05) is 12.2 Å². The van der Waals surface area contributed by atoms with Crippen molar-refractivity contribution >= 4 is 0 Å². The molecule has 0 aromatic carbocycles. The Bertz CT molecular complexity index is 183. The quantitative estimate of drug-likeness (QED) is 0.300. The highest BCUT2D eigenvalue weighted by Crippen LogP contribution is 2.26. The molecule has 2 nitrogen and oxygen atoms in total. The Kier molecular flexibility index (Phi) is 9.25. The maximum Gasteiger partial charge on any atom is 0.167 e. The zero-order chi connectivity index (χ0) is 12.3. The molecule has 94 valence electrons. The van der Waals surface area contributed by atoms with Crippen LogP contribution in [0, 0.1) is 0 Å². The number of ether oxygens (including phenoxy) is 2. The first kappa shape index (κ1) is 15.4. The highest BCUT2D eigenvalue weighted by Gasteiger charge is 2.27. The third-order valence-electron chi connectivity index (χ3n) is 2.93. The molecule has 0 rings (SSSR count). The van der Waals surface area contributed by atoms with E-state index in [1.807, 2.05) is 12.2 Å². The minimum atomic E-state index is -0.399. The van der Waals surface area contributed by atoms with Gasteiger partial charge in [0, 0.05) is 27.1 Å². The van der Waals surface area contributed by atoms with Crippen LogP contribution in [0.4, 0.5) is 0 Å². The molecular weight excluding hydrogens is 200 g/mol. The van der Waals surface area contributed by atoms with Gasteiger partial charge in [0.25, 0.3) is 0 Å². The molecule has 0 radical (unpaired) electrons. The smallest absolute Gasteiger partial charge is 0.167 e. The van der Waals surface area contributed by atoms with Gasteiger partial charge in [-0.2, -0.15) is 0 Å². The van der Waals surface area contributed by atoms with Crippen molar-refractivity contribution in [3.05, 3.63) is 25.3 Å². The molecule has 0 spiro atoms. The fraction of sp³-hybridized carbons (Fsp3) is 0.714. The average Bonchev–Trinajstić information content (AvgIpc) is 2.33. The van der Waals surface area contributed by atoms with Gasteiger partial charge in [-0.05, 0) is 32.1 Å². The van der Waals surface area contributed by atoms with E-state index in [0.717, 1.165) is 44.9 Å². The van der Waals surface area contributed by atoms with Crippen molar-refractivity contribution in [2.45, 2.75) is 50.7 Å². The Hall–Kier alpha value is -0.600. The molecule has 0 N–H and O–H groups in total. The Morgan fingerprint density at radius 3 is 1.88 bits per heavy atom. The van der Waals surface area contributed by atoms with Gasteiger partial charge < -0.3 is 9.47 Å². The molecule has 0 aromatic heterocycles. The molecule has 0 heterocycles. The molecule has 0 saturated carbocycles. The van der Waals surface area contributed by atoms with Crippen molar-refractivity contribution in [2.75, 3.05) is 14.2 Å². The lowest BCUT2D eigenvalue weighted by Gasteiger charge is -2.31. The van der Waals surface area contributed by atoms with Gasteiger partial charge in [-0.25, -0.2) is 0 Å². The fourth-order valence-electron chi connectivity index (χ4n) is 1.82. The Morgan fingerprint density at radius 2 is 1.38 bits per heavy atom. The van der Waals surface area contributed by atoms with Gasteiger partial charge in [-0.3, -0.25) is 0 Å². The molecule has 0 bridgehead atoms. The van der Waals surface area contributed by atoms with Crippen molar-refractivity contribution in [1.29, 1.82) is 0 Å². The van der Waals surface area contributed by atoms with Crippen LogP contribution in [0.25, 0.3) is 0 Å². The number of hydrogen-bond acceptors (Lipinski definition) is 2. The first-order chi connectivity index (χ1) is 7.74. The fourth-order valence-corrected chi connectivity index (χ4v) is 1.82. The Labute approximate surface area is 100 Å². The predicted molar refractivity (Wildman–Crippen MR) is 69.5 cm³/mol. The summed E-state index contributed by atoms with van der Waals surface area (Å²) < 4.78 is 11.1. The SMILES string of the molecule is C=CCCCCC(CCCC=C)(OC)OC. The van der Waals surface area contributed by atoms with Gasteiger partial charge >= 0.3 is 0 Å². The van der Waals surface area contributed by atoms with Gasteiger partial charge in [0.15, 0.2) is 5.79 Å². The molecule has 0 aliphatic carbocycles. The first-order valence-electron chi connectivity index (χ1n) is 6.06. The van der Waals surface area contributed by atoms with Crippen LogP contribution in [0.1, 0.15) is 44.9 Å². The molecule has 0 atom stereocenters. The number of rotatable bonds is 11. The summed E-state index contributed by atoms with van der Waals surface area (Å²) in [5.74, 6) is -0.399. The zero-order valence-electron chi connectivity index (χ0n) is 10.8. The Balaban J connectivity index is 3.98. The minimum absolute atomic E-state index is 0.399. The van der Waals surface area contributed by atoms with Crippen molar-refractivity contribution < 1.29 is 9.47 Å². The van der Waals surface area contributed by atoms with Crippen molar-refractivity contribution in [1.82, 2.24) is 0 Å². The molecule has 0 fully saturated rings. The van der Waals surface area contributed by atoms with Crippen LogP contribution in [-0.4, -0.2) is 20.0 Å². The summed E-state index contributed by atoms with van der Waals surface area (Å²) in [5.41, 5.74) is 0. The van der Waals surface area contributed by atoms with Crippen molar-refractivity contribution in [3.8, 4) is 0 Å². The largest absolute Gasteiger partial charge is 0.353 e. The third-order valence-corrected chi connectivity index (χ3v) is 2.93. The number of methoxy groups -OCH3 is 2. The topological polar surface area (TPSA) is 18.5 Å². The Morgan fingerprint density at radius 1 is 0.875 bits per heavy atom. The summed E-state index contributed by atoms with van der Waals surface area (Å²) in [6, 6.07) is 0. The number of unbranched alkanes of at least 4 members (excludes halogenated alkanes) is 3. The predicted octanol–water partition coefficient (Wildman–Crippen LogP) is 4.08. The molecule has 0 saturated heterocycles. The molecule has 0 amide bonds. The van der Waals surface area contributed by atoms with E-state index in [4.69, 9.17) is 9.47 Å². The second kappa shape index (κ2) is 9.61. The van der Waals surface area contributed by atoms with E-state index in [-0.39, 0.29) is 0 Å². The van der Waals surface area contributed by atoms with E-state index in [1.54, 1.807) is 14.2 Å². The maximum atomic E-state index is 5.53.